The van der Waals surface area contributed by atoms with Crippen LogP contribution in [0.25, 0.3) is 11.1 Å². The van der Waals surface area contributed by atoms with Crippen molar-refractivity contribution in [2.75, 3.05) is 6.61 Å². The third-order valence-corrected chi connectivity index (χ3v) is 5.58. The van der Waals surface area contributed by atoms with E-state index in [4.69, 9.17) is 9.15 Å². The maximum atomic E-state index is 13.3. The summed E-state index contributed by atoms with van der Waals surface area (Å²) in [5.41, 5.74) is 3.01. The molecule has 1 aliphatic rings. The zero-order valence-corrected chi connectivity index (χ0v) is 16.5. The van der Waals surface area contributed by atoms with Gasteiger partial charge in [0.2, 0.25) is 0 Å². The van der Waals surface area contributed by atoms with Gasteiger partial charge in [-0.3, -0.25) is 9.78 Å². The lowest BCUT2D eigenvalue weighted by Gasteiger charge is -2.39. The average Bonchev–Trinajstić information content (AvgIpc) is 3.35. The number of nitrogens with zero attached hydrogens (tertiary/aromatic N) is 1. The minimum absolute atomic E-state index is 0.308. The van der Waals surface area contributed by atoms with Crippen LogP contribution >= 0.6 is 0 Å². The summed E-state index contributed by atoms with van der Waals surface area (Å²) in [6.45, 7) is 0.422. The van der Waals surface area contributed by atoms with Crippen LogP contribution in [-0.2, 0) is 5.54 Å². The van der Waals surface area contributed by atoms with Gasteiger partial charge in [0.15, 0.2) is 0 Å². The van der Waals surface area contributed by atoms with Crippen LogP contribution in [0.4, 0.5) is 4.39 Å². The van der Waals surface area contributed by atoms with Gasteiger partial charge in [0.25, 0.3) is 5.91 Å². The van der Waals surface area contributed by atoms with E-state index in [1.807, 2.05) is 36.4 Å². The van der Waals surface area contributed by atoms with Gasteiger partial charge >= 0.3 is 0 Å². The van der Waals surface area contributed by atoms with Crippen LogP contribution in [0.3, 0.4) is 0 Å². The summed E-state index contributed by atoms with van der Waals surface area (Å²) < 4.78 is 24.3. The largest absolute Gasteiger partial charge is 0.491 e. The maximum absolute atomic E-state index is 13.3. The SMILES string of the molecule is O=C(N[C@]1(c2ccc(-c3ccoc3)cc2)CCOc2cccnc21)c1ccc(F)cc1. The second kappa shape index (κ2) is 7.72. The van der Waals surface area contributed by atoms with Crippen LogP contribution < -0.4 is 10.1 Å². The van der Waals surface area contributed by atoms with Crippen LogP contribution in [0.15, 0.2) is 89.9 Å². The molecule has 1 N–H and O–H groups in total. The number of furan rings is 1. The molecule has 2 aromatic heterocycles. The van der Waals surface area contributed by atoms with E-state index in [2.05, 4.69) is 10.3 Å². The molecule has 31 heavy (non-hydrogen) atoms. The molecule has 0 spiro atoms. The molecule has 1 amide bonds. The summed E-state index contributed by atoms with van der Waals surface area (Å²) in [4.78, 5) is 17.7. The van der Waals surface area contributed by atoms with E-state index in [1.165, 1.54) is 24.3 Å². The molecule has 0 aliphatic carbocycles. The van der Waals surface area contributed by atoms with E-state index in [1.54, 1.807) is 24.8 Å². The van der Waals surface area contributed by atoms with Crippen molar-refractivity contribution >= 4 is 5.91 Å². The standard InChI is InChI=1S/C25H19FN2O3/c26-21-9-5-18(6-10-21)24(29)28-25(12-15-31-22-2-1-13-27-23(22)25)20-7-3-17(4-8-20)19-11-14-30-16-19/h1-11,13-14,16H,12,15H2,(H,28,29)/t25-/m0/s1. The predicted molar refractivity (Wildman–Crippen MR) is 113 cm³/mol. The van der Waals surface area contributed by atoms with Crippen LogP contribution in [0.2, 0.25) is 0 Å². The third-order valence-electron chi connectivity index (χ3n) is 5.58. The second-order valence-electron chi connectivity index (χ2n) is 7.40. The molecule has 0 bridgehead atoms. The fraction of sp³-hybridized carbons (Fsp3) is 0.120. The molecule has 0 unspecified atom stereocenters. The number of hydrogen-bond acceptors (Lipinski definition) is 4. The van der Waals surface area contributed by atoms with Crippen LogP contribution in [0, 0.1) is 5.82 Å². The average molecular weight is 414 g/mol. The van der Waals surface area contributed by atoms with Crippen molar-refractivity contribution in [1.82, 2.24) is 10.3 Å². The molecule has 6 heteroatoms. The molecule has 1 atom stereocenters. The first-order chi connectivity index (χ1) is 15.2. The van der Waals surface area contributed by atoms with E-state index in [0.717, 1.165) is 16.7 Å². The van der Waals surface area contributed by atoms with Gasteiger partial charge in [-0.05, 0) is 53.6 Å². The summed E-state index contributed by atoms with van der Waals surface area (Å²) in [5.74, 6) is -0.0661. The van der Waals surface area contributed by atoms with E-state index >= 15 is 0 Å². The zero-order valence-electron chi connectivity index (χ0n) is 16.5. The Morgan fingerprint density at radius 3 is 2.55 bits per heavy atom. The van der Waals surface area contributed by atoms with Gasteiger partial charge in [-0.15, -0.1) is 0 Å². The first kappa shape index (κ1) is 19.1. The smallest absolute Gasteiger partial charge is 0.252 e. The summed E-state index contributed by atoms with van der Waals surface area (Å²) in [5, 5.41) is 3.17. The number of aromatic nitrogens is 1. The normalized spacial score (nSPS) is 17.5. The molecule has 5 rings (SSSR count). The highest BCUT2D eigenvalue weighted by atomic mass is 19.1. The van der Waals surface area contributed by atoms with Gasteiger partial charge in [-0.1, -0.05) is 24.3 Å². The third kappa shape index (κ3) is 3.46. The van der Waals surface area contributed by atoms with Crippen molar-refractivity contribution in [3.05, 3.63) is 108 Å². The minimum atomic E-state index is -0.880. The quantitative estimate of drug-likeness (QED) is 0.514. The van der Waals surface area contributed by atoms with Crippen molar-refractivity contribution in [3.8, 4) is 16.9 Å². The second-order valence-corrected chi connectivity index (χ2v) is 7.40. The number of halogens is 1. The molecule has 0 fully saturated rings. The van der Waals surface area contributed by atoms with Crippen LogP contribution in [0.5, 0.6) is 5.75 Å². The van der Waals surface area contributed by atoms with Gasteiger partial charge in [0, 0.05) is 23.7 Å². The molecule has 0 saturated heterocycles. The number of ether oxygens (including phenoxy) is 1. The van der Waals surface area contributed by atoms with Gasteiger partial charge in [-0.2, -0.15) is 0 Å². The molecule has 4 aromatic rings. The number of carbonyl (C=O) groups excluding carboxylic acids is 1. The Hall–Kier alpha value is -3.93. The fourth-order valence-electron chi connectivity index (χ4n) is 3.98. The van der Waals surface area contributed by atoms with Crippen LogP contribution in [-0.4, -0.2) is 17.5 Å². The molecule has 1 aliphatic heterocycles. The minimum Gasteiger partial charge on any atom is -0.491 e. The lowest BCUT2D eigenvalue weighted by Crippen LogP contribution is -2.50. The molecule has 5 nitrogen and oxygen atoms in total. The Morgan fingerprint density at radius 2 is 1.81 bits per heavy atom. The Balaban J connectivity index is 1.59. The number of pyridine rings is 1. The molecule has 154 valence electrons. The van der Waals surface area contributed by atoms with Crippen LogP contribution in [0.1, 0.15) is 28.0 Å². The fourth-order valence-corrected chi connectivity index (χ4v) is 3.98. The summed E-state index contributed by atoms with van der Waals surface area (Å²) in [6, 6.07) is 19.0. The van der Waals surface area contributed by atoms with E-state index in [9.17, 15) is 9.18 Å². The summed E-state index contributed by atoms with van der Waals surface area (Å²) in [6.07, 6.45) is 5.51. The van der Waals surface area contributed by atoms with Gasteiger partial charge in [0.1, 0.15) is 22.8 Å². The predicted octanol–water partition coefficient (Wildman–Crippen LogP) is 4.94. The first-order valence-corrected chi connectivity index (χ1v) is 9.95. The Kier molecular flexibility index (Phi) is 4.75. The number of benzene rings is 2. The molecular formula is C25H19FN2O3. The number of amides is 1. The lowest BCUT2D eigenvalue weighted by molar-refractivity contribution is 0.0883. The van der Waals surface area contributed by atoms with Crippen molar-refractivity contribution in [2.45, 2.75) is 12.0 Å². The van der Waals surface area contributed by atoms with Gasteiger partial charge < -0.3 is 14.5 Å². The molecule has 0 radical (unpaired) electrons. The van der Waals surface area contributed by atoms with Gasteiger partial charge in [0.05, 0.1) is 19.1 Å². The zero-order chi connectivity index (χ0) is 21.3. The number of fused-ring (bicyclic) bond motifs is 1. The van der Waals surface area contributed by atoms with E-state index in [-0.39, 0.29) is 11.7 Å². The highest BCUT2D eigenvalue weighted by Gasteiger charge is 2.42. The monoisotopic (exact) mass is 414 g/mol. The molecule has 0 saturated carbocycles. The molecule has 2 aromatic carbocycles. The summed E-state index contributed by atoms with van der Waals surface area (Å²) >= 11 is 0. The Morgan fingerprint density at radius 1 is 1.00 bits per heavy atom. The Bertz CT molecular complexity index is 1200. The number of hydrogen-bond donors (Lipinski definition) is 1. The van der Waals surface area contributed by atoms with E-state index in [0.29, 0.717) is 30.0 Å². The number of nitrogens with one attached hydrogen (secondary N) is 1. The van der Waals surface area contributed by atoms with Crippen molar-refractivity contribution in [1.29, 1.82) is 0 Å². The highest BCUT2D eigenvalue weighted by molar-refractivity contribution is 5.95. The molecule has 3 heterocycles. The number of rotatable bonds is 4. The maximum Gasteiger partial charge on any atom is 0.252 e. The van der Waals surface area contributed by atoms with Crippen molar-refractivity contribution in [3.63, 3.8) is 0 Å². The summed E-state index contributed by atoms with van der Waals surface area (Å²) in [7, 11) is 0. The highest BCUT2D eigenvalue weighted by Crippen LogP contribution is 2.41. The number of carbonyl (C=O) groups is 1. The first-order valence-electron chi connectivity index (χ1n) is 9.95. The van der Waals surface area contributed by atoms with Crippen molar-refractivity contribution < 1.29 is 18.3 Å². The van der Waals surface area contributed by atoms with Crippen molar-refractivity contribution in [2.24, 2.45) is 0 Å². The van der Waals surface area contributed by atoms with E-state index < -0.39 is 5.54 Å². The van der Waals surface area contributed by atoms with Gasteiger partial charge in [-0.25, -0.2) is 4.39 Å². The lowest BCUT2D eigenvalue weighted by atomic mass is 9.80. The molecular weight excluding hydrogens is 395 g/mol. The Labute approximate surface area is 178 Å². The topological polar surface area (TPSA) is 64.4 Å².